The largest absolute Gasteiger partial charge is 0.354 e. The van der Waals surface area contributed by atoms with Crippen LogP contribution in [0.1, 0.15) is 20.3 Å². The zero-order valence-electron chi connectivity index (χ0n) is 14.4. The number of anilines is 1. The summed E-state index contributed by atoms with van der Waals surface area (Å²) >= 11 is 1.33. The fraction of sp³-hybridized carbons (Fsp3) is 0.389. The lowest BCUT2D eigenvalue weighted by Gasteiger charge is -2.38. The maximum atomic E-state index is 12.9. The van der Waals surface area contributed by atoms with E-state index in [1.54, 1.807) is 24.3 Å². The molecule has 6 nitrogen and oxygen atoms in total. The summed E-state index contributed by atoms with van der Waals surface area (Å²) in [5.74, 6) is -0.396. The van der Waals surface area contributed by atoms with Gasteiger partial charge in [-0.2, -0.15) is 0 Å². The van der Waals surface area contributed by atoms with Crippen molar-refractivity contribution in [2.45, 2.75) is 36.5 Å². The first-order chi connectivity index (χ1) is 12.1. The Morgan fingerprint density at radius 2 is 2.16 bits per heavy atom. The van der Waals surface area contributed by atoms with Gasteiger partial charge in [0.25, 0.3) is 5.91 Å². The van der Waals surface area contributed by atoms with Crippen molar-refractivity contribution in [1.29, 1.82) is 0 Å². The van der Waals surface area contributed by atoms with Crippen molar-refractivity contribution in [2.24, 2.45) is 0 Å². The van der Waals surface area contributed by atoms with E-state index in [0.717, 1.165) is 23.5 Å². The van der Waals surface area contributed by atoms with Crippen LogP contribution in [0.4, 0.5) is 5.69 Å². The summed E-state index contributed by atoms with van der Waals surface area (Å²) in [6.07, 6.45) is 6.15. The molecule has 0 saturated heterocycles. The van der Waals surface area contributed by atoms with Gasteiger partial charge < -0.3 is 14.8 Å². The van der Waals surface area contributed by atoms with Crippen LogP contribution in [0.2, 0.25) is 0 Å². The molecule has 7 heteroatoms. The van der Waals surface area contributed by atoms with Crippen molar-refractivity contribution in [3.05, 3.63) is 43.0 Å². The zero-order chi connectivity index (χ0) is 17.9. The number of para-hydroxylation sites is 1. The number of aryl methyl sites for hydroxylation is 1. The van der Waals surface area contributed by atoms with Crippen LogP contribution in [0.5, 0.6) is 0 Å². The van der Waals surface area contributed by atoms with Crippen LogP contribution in [0.15, 0.2) is 47.9 Å². The van der Waals surface area contributed by atoms with E-state index in [1.807, 2.05) is 42.0 Å². The van der Waals surface area contributed by atoms with E-state index in [9.17, 15) is 9.59 Å². The highest BCUT2D eigenvalue weighted by Gasteiger charge is 2.48. The number of benzene rings is 1. The molecule has 3 rings (SSSR count). The van der Waals surface area contributed by atoms with Gasteiger partial charge in [-0.25, -0.2) is 4.98 Å². The van der Waals surface area contributed by atoms with Crippen molar-refractivity contribution in [3.63, 3.8) is 0 Å². The minimum absolute atomic E-state index is 0.161. The Morgan fingerprint density at radius 1 is 1.36 bits per heavy atom. The Kier molecular flexibility index (Phi) is 5.13. The molecule has 1 atom stereocenters. The third kappa shape index (κ3) is 3.42. The molecule has 0 spiro atoms. The first kappa shape index (κ1) is 17.5. The molecule has 1 N–H and O–H groups in total. The zero-order valence-corrected chi connectivity index (χ0v) is 15.3. The van der Waals surface area contributed by atoms with E-state index in [2.05, 4.69) is 10.3 Å². The predicted molar refractivity (Wildman–Crippen MR) is 98.6 cm³/mol. The summed E-state index contributed by atoms with van der Waals surface area (Å²) in [7, 11) is 0. The van der Waals surface area contributed by atoms with Gasteiger partial charge in [0.15, 0.2) is 4.75 Å². The van der Waals surface area contributed by atoms with Crippen LogP contribution >= 0.6 is 11.8 Å². The number of nitrogens with one attached hydrogen (secondary N) is 1. The van der Waals surface area contributed by atoms with Crippen LogP contribution in [0.3, 0.4) is 0 Å². The molecule has 1 aliphatic rings. The molecule has 0 radical (unpaired) electrons. The Morgan fingerprint density at radius 3 is 2.88 bits per heavy atom. The number of imidazole rings is 1. The molecule has 1 aromatic carbocycles. The molecular formula is C18H22N4O2S. The van der Waals surface area contributed by atoms with E-state index in [4.69, 9.17) is 0 Å². The topological polar surface area (TPSA) is 67.2 Å². The second-order valence-electron chi connectivity index (χ2n) is 6.06. The van der Waals surface area contributed by atoms with Crippen molar-refractivity contribution in [3.8, 4) is 0 Å². The molecule has 0 fully saturated rings. The summed E-state index contributed by atoms with van der Waals surface area (Å²) in [5, 5.41) is 2.92. The van der Waals surface area contributed by atoms with Gasteiger partial charge in [-0.15, -0.1) is 0 Å². The fourth-order valence-electron chi connectivity index (χ4n) is 2.91. The Bertz CT molecular complexity index is 762. The molecule has 132 valence electrons. The molecule has 1 aromatic heterocycles. The number of amides is 2. The summed E-state index contributed by atoms with van der Waals surface area (Å²) in [4.78, 5) is 32.3. The van der Waals surface area contributed by atoms with Crippen molar-refractivity contribution in [1.82, 2.24) is 14.9 Å². The molecule has 2 amide bonds. The number of nitrogens with zero attached hydrogens (tertiary/aromatic N) is 3. The van der Waals surface area contributed by atoms with Crippen LogP contribution in [-0.4, -0.2) is 39.2 Å². The monoisotopic (exact) mass is 358 g/mol. The van der Waals surface area contributed by atoms with Gasteiger partial charge in [-0.05, 0) is 32.4 Å². The second-order valence-corrected chi connectivity index (χ2v) is 7.52. The number of fused-ring (bicyclic) bond motifs is 1. The standard InChI is InChI=1S/C18H22N4O2S/c1-3-22-14-7-4-5-8-15(14)25-18(2,17(22)24)16(23)20-9-6-11-21-12-10-19-13-21/h4-5,7-8,10,12-13H,3,6,9,11H2,1-2H3,(H,20,23). The first-order valence-electron chi connectivity index (χ1n) is 8.40. The highest BCUT2D eigenvalue weighted by Crippen LogP contribution is 2.45. The fourth-order valence-corrected chi connectivity index (χ4v) is 4.14. The highest BCUT2D eigenvalue weighted by molar-refractivity contribution is 8.02. The van der Waals surface area contributed by atoms with E-state index >= 15 is 0 Å². The lowest BCUT2D eigenvalue weighted by Crippen LogP contribution is -2.56. The summed E-state index contributed by atoms with van der Waals surface area (Å²) < 4.78 is 0.822. The third-order valence-electron chi connectivity index (χ3n) is 4.31. The van der Waals surface area contributed by atoms with Gasteiger partial charge in [-0.3, -0.25) is 9.59 Å². The Labute approximate surface area is 151 Å². The van der Waals surface area contributed by atoms with Gasteiger partial charge in [-0.1, -0.05) is 23.9 Å². The Balaban J connectivity index is 1.67. The number of rotatable bonds is 6. The summed E-state index contributed by atoms with van der Waals surface area (Å²) in [6, 6.07) is 7.72. The van der Waals surface area contributed by atoms with E-state index < -0.39 is 4.75 Å². The number of hydrogen-bond acceptors (Lipinski definition) is 4. The smallest absolute Gasteiger partial charge is 0.252 e. The second kappa shape index (κ2) is 7.31. The molecule has 2 heterocycles. The van der Waals surface area contributed by atoms with Gasteiger partial charge in [0.2, 0.25) is 5.91 Å². The average Bonchev–Trinajstić information content (AvgIpc) is 3.13. The van der Waals surface area contributed by atoms with Crippen LogP contribution in [0, 0.1) is 0 Å². The molecule has 2 aromatic rings. The van der Waals surface area contributed by atoms with E-state index in [-0.39, 0.29) is 11.8 Å². The van der Waals surface area contributed by atoms with Gasteiger partial charge >= 0.3 is 0 Å². The molecule has 1 unspecified atom stereocenters. The lowest BCUT2D eigenvalue weighted by molar-refractivity contribution is -0.131. The highest BCUT2D eigenvalue weighted by atomic mass is 32.2. The predicted octanol–water partition coefficient (Wildman–Crippen LogP) is 2.31. The SMILES string of the molecule is CCN1C(=O)C(C)(C(=O)NCCCn2ccnc2)Sc2ccccc21. The van der Waals surface area contributed by atoms with Crippen LogP contribution < -0.4 is 10.2 Å². The third-order valence-corrected chi connectivity index (χ3v) is 5.64. The number of thioether (sulfide) groups is 1. The molecule has 0 aliphatic carbocycles. The molecule has 0 bridgehead atoms. The van der Waals surface area contributed by atoms with Crippen molar-refractivity contribution >= 4 is 29.3 Å². The van der Waals surface area contributed by atoms with Gasteiger partial charge in [0, 0.05) is 36.9 Å². The average molecular weight is 358 g/mol. The Hall–Kier alpha value is -2.28. The van der Waals surface area contributed by atoms with Crippen molar-refractivity contribution in [2.75, 3.05) is 18.0 Å². The van der Waals surface area contributed by atoms with E-state index in [1.165, 1.54) is 11.8 Å². The van der Waals surface area contributed by atoms with Crippen LogP contribution in [0.25, 0.3) is 0 Å². The van der Waals surface area contributed by atoms with Gasteiger partial charge in [0.05, 0.1) is 12.0 Å². The minimum atomic E-state index is -1.14. The number of hydrogen-bond donors (Lipinski definition) is 1. The number of carbonyl (C=O) groups is 2. The first-order valence-corrected chi connectivity index (χ1v) is 9.22. The van der Waals surface area contributed by atoms with Crippen LogP contribution in [-0.2, 0) is 16.1 Å². The minimum Gasteiger partial charge on any atom is -0.354 e. The maximum Gasteiger partial charge on any atom is 0.252 e. The summed E-state index contributed by atoms with van der Waals surface area (Å²) in [6.45, 7) is 5.48. The molecule has 1 aliphatic heterocycles. The quantitative estimate of drug-likeness (QED) is 0.636. The van der Waals surface area contributed by atoms with Gasteiger partial charge in [0.1, 0.15) is 0 Å². The lowest BCUT2D eigenvalue weighted by atomic mass is 10.1. The summed E-state index contributed by atoms with van der Waals surface area (Å²) in [5.41, 5.74) is 0.880. The molecule has 25 heavy (non-hydrogen) atoms. The molecular weight excluding hydrogens is 336 g/mol. The molecule has 0 saturated carbocycles. The van der Waals surface area contributed by atoms with Crippen molar-refractivity contribution < 1.29 is 9.59 Å². The number of carbonyl (C=O) groups excluding carboxylic acids is 2. The number of aromatic nitrogens is 2. The maximum absolute atomic E-state index is 12.9. The normalized spacial score (nSPS) is 19.6. The van der Waals surface area contributed by atoms with E-state index in [0.29, 0.717) is 13.1 Å².